The summed E-state index contributed by atoms with van der Waals surface area (Å²) < 4.78 is 4.13. The number of imidazole rings is 1. The third-order valence-corrected chi connectivity index (χ3v) is 5.43. The molecule has 8 nitrogen and oxygen atoms in total. The average molecular weight is 374 g/mol. The number of hydrogen-bond donors (Lipinski definition) is 0. The Morgan fingerprint density at radius 2 is 1.79 bits per heavy atom. The number of piperidine rings is 1. The van der Waals surface area contributed by atoms with Crippen molar-refractivity contribution in [2.45, 2.75) is 32.0 Å². The van der Waals surface area contributed by atoms with Crippen LogP contribution in [0.25, 0.3) is 11.2 Å². The Morgan fingerprint density at radius 1 is 0.929 bits per heavy atom. The molecule has 5 rings (SSSR count). The molecule has 0 unspecified atom stereocenters. The number of pyridine rings is 1. The number of fused-ring (bicyclic) bond motifs is 1. The van der Waals surface area contributed by atoms with Crippen LogP contribution in [0, 0.1) is 0 Å². The Hall–Kier alpha value is -3.13. The summed E-state index contributed by atoms with van der Waals surface area (Å²) >= 11 is 0. The highest BCUT2D eigenvalue weighted by molar-refractivity contribution is 5.70. The molecule has 4 heterocycles. The molecule has 0 bridgehead atoms. The van der Waals surface area contributed by atoms with Gasteiger partial charge in [-0.3, -0.25) is 4.90 Å². The van der Waals surface area contributed by atoms with Crippen molar-refractivity contribution in [3.05, 3.63) is 66.4 Å². The standard InChI is InChI=1S/C20H22N8/c1-2-5-16(6-3-1)13-28-19(23-24-25-28)14-26-11-8-17(9-12-26)27-15-22-18-7-4-10-21-20(18)27/h1-7,10,15,17H,8-9,11-14H2. The van der Waals surface area contributed by atoms with E-state index in [0.717, 1.165) is 49.5 Å². The average Bonchev–Trinajstić information content (AvgIpc) is 3.37. The molecule has 1 fully saturated rings. The van der Waals surface area contributed by atoms with Gasteiger partial charge in [0.15, 0.2) is 11.5 Å². The Kier molecular flexibility index (Phi) is 4.54. The Labute approximate surface area is 162 Å². The van der Waals surface area contributed by atoms with Gasteiger partial charge in [-0.25, -0.2) is 14.6 Å². The summed E-state index contributed by atoms with van der Waals surface area (Å²) in [5.74, 6) is 0.914. The molecule has 4 aromatic rings. The number of hydrogen-bond acceptors (Lipinski definition) is 6. The van der Waals surface area contributed by atoms with Gasteiger partial charge in [0.2, 0.25) is 0 Å². The Morgan fingerprint density at radius 3 is 2.64 bits per heavy atom. The van der Waals surface area contributed by atoms with Crippen molar-refractivity contribution in [3.8, 4) is 0 Å². The largest absolute Gasteiger partial charge is 0.312 e. The summed E-state index contributed by atoms with van der Waals surface area (Å²) in [5.41, 5.74) is 3.15. The highest BCUT2D eigenvalue weighted by Crippen LogP contribution is 2.26. The topological polar surface area (TPSA) is 77.5 Å². The molecule has 1 aliphatic rings. The fourth-order valence-electron chi connectivity index (χ4n) is 3.91. The van der Waals surface area contributed by atoms with Gasteiger partial charge >= 0.3 is 0 Å². The van der Waals surface area contributed by atoms with E-state index < -0.39 is 0 Å². The lowest BCUT2D eigenvalue weighted by molar-refractivity contribution is 0.175. The van der Waals surface area contributed by atoms with Crippen LogP contribution in [0.1, 0.15) is 30.3 Å². The van der Waals surface area contributed by atoms with Gasteiger partial charge in [0.25, 0.3) is 0 Å². The van der Waals surface area contributed by atoms with Crippen LogP contribution in [0.2, 0.25) is 0 Å². The van der Waals surface area contributed by atoms with Crippen molar-refractivity contribution in [1.82, 2.24) is 39.6 Å². The minimum atomic E-state index is 0.441. The quantitative estimate of drug-likeness (QED) is 0.533. The number of likely N-dealkylation sites (tertiary alicyclic amines) is 1. The molecule has 0 aliphatic carbocycles. The summed E-state index contributed by atoms with van der Waals surface area (Å²) in [7, 11) is 0. The number of rotatable bonds is 5. The van der Waals surface area contributed by atoms with Crippen LogP contribution in [-0.4, -0.2) is 52.7 Å². The maximum atomic E-state index is 4.50. The fraction of sp³-hybridized carbons (Fsp3) is 0.350. The van der Waals surface area contributed by atoms with E-state index >= 15 is 0 Å². The zero-order chi connectivity index (χ0) is 18.8. The Bertz CT molecular complexity index is 1050. The van der Waals surface area contributed by atoms with Gasteiger partial charge in [0.1, 0.15) is 5.52 Å². The maximum Gasteiger partial charge on any atom is 0.165 e. The highest BCUT2D eigenvalue weighted by atomic mass is 15.5. The molecule has 0 spiro atoms. The maximum absolute atomic E-state index is 4.50. The zero-order valence-corrected chi connectivity index (χ0v) is 15.6. The molecule has 0 saturated carbocycles. The predicted molar refractivity (Wildman–Crippen MR) is 104 cm³/mol. The summed E-state index contributed by atoms with van der Waals surface area (Å²) in [6.45, 7) is 3.49. The molecule has 1 aromatic carbocycles. The van der Waals surface area contributed by atoms with E-state index in [1.807, 2.05) is 47.5 Å². The van der Waals surface area contributed by atoms with Gasteiger partial charge < -0.3 is 4.57 Å². The van der Waals surface area contributed by atoms with Crippen LogP contribution in [0.15, 0.2) is 55.0 Å². The first-order valence-electron chi connectivity index (χ1n) is 9.66. The number of benzene rings is 1. The second-order valence-corrected chi connectivity index (χ2v) is 7.24. The molecule has 0 N–H and O–H groups in total. The molecular formula is C20H22N8. The summed E-state index contributed by atoms with van der Waals surface area (Å²) in [6, 6.07) is 14.7. The molecule has 1 aliphatic heterocycles. The first kappa shape index (κ1) is 17.0. The van der Waals surface area contributed by atoms with E-state index in [0.29, 0.717) is 12.6 Å². The second kappa shape index (κ2) is 7.47. The van der Waals surface area contributed by atoms with Crippen LogP contribution in [-0.2, 0) is 13.1 Å². The highest BCUT2D eigenvalue weighted by Gasteiger charge is 2.23. The van der Waals surface area contributed by atoms with E-state index in [9.17, 15) is 0 Å². The SMILES string of the molecule is c1ccc(Cn2nnnc2CN2CCC(n3cnc4cccnc43)CC2)cc1. The second-order valence-electron chi connectivity index (χ2n) is 7.24. The van der Waals surface area contributed by atoms with Crippen molar-refractivity contribution >= 4 is 11.2 Å². The fourth-order valence-corrected chi connectivity index (χ4v) is 3.91. The van der Waals surface area contributed by atoms with Gasteiger partial charge in [-0.1, -0.05) is 30.3 Å². The van der Waals surface area contributed by atoms with E-state index in [4.69, 9.17) is 0 Å². The first-order valence-corrected chi connectivity index (χ1v) is 9.66. The summed E-state index contributed by atoms with van der Waals surface area (Å²) in [4.78, 5) is 11.4. The van der Waals surface area contributed by atoms with Gasteiger partial charge in [-0.15, -0.1) is 5.10 Å². The van der Waals surface area contributed by atoms with Crippen molar-refractivity contribution in [2.75, 3.05) is 13.1 Å². The molecule has 8 heteroatoms. The first-order chi connectivity index (χ1) is 13.9. The van der Waals surface area contributed by atoms with Gasteiger partial charge in [0, 0.05) is 25.3 Å². The minimum Gasteiger partial charge on any atom is -0.312 e. The predicted octanol–water partition coefficient (Wildman–Crippen LogP) is 2.30. The van der Waals surface area contributed by atoms with Crippen LogP contribution < -0.4 is 0 Å². The van der Waals surface area contributed by atoms with Gasteiger partial charge in [-0.05, 0) is 41.0 Å². The molecule has 0 radical (unpaired) electrons. The van der Waals surface area contributed by atoms with E-state index in [2.05, 4.69) is 47.1 Å². The van der Waals surface area contributed by atoms with Gasteiger partial charge in [-0.2, -0.15) is 0 Å². The number of aromatic nitrogens is 7. The molecule has 28 heavy (non-hydrogen) atoms. The number of nitrogens with zero attached hydrogens (tertiary/aromatic N) is 8. The monoisotopic (exact) mass is 374 g/mol. The third-order valence-electron chi connectivity index (χ3n) is 5.43. The zero-order valence-electron chi connectivity index (χ0n) is 15.6. The normalized spacial score (nSPS) is 16.0. The molecule has 0 amide bonds. The Balaban J connectivity index is 1.23. The lowest BCUT2D eigenvalue weighted by Crippen LogP contribution is -2.35. The van der Waals surface area contributed by atoms with Crippen molar-refractivity contribution in [2.24, 2.45) is 0 Å². The number of tetrazole rings is 1. The summed E-state index contributed by atoms with van der Waals surface area (Å²) in [5, 5.41) is 12.3. The lowest BCUT2D eigenvalue weighted by Gasteiger charge is -2.32. The van der Waals surface area contributed by atoms with Crippen LogP contribution in [0.4, 0.5) is 0 Å². The minimum absolute atomic E-state index is 0.441. The van der Waals surface area contributed by atoms with Crippen molar-refractivity contribution in [3.63, 3.8) is 0 Å². The third kappa shape index (κ3) is 3.38. The molecular weight excluding hydrogens is 352 g/mol. The lowest BCUT2D eigenvalue weighted by atomic mass is 10.0. The van der Waals surface area contributed by atoms with E-state index in [1.54, 1.807) is 0 Å². The van der Waals surface area contributed by atoms with E-state index in [-0.39, 0.29) is 0 Å². The van der Waals surface area contributed by atoms with Crippen LogP contribution >= 0.6 is 0 Å². The van der Waals surface area contributed by atoms with Crippen LogP contribution in [0.3, 0.4) is 0 Å². The van der Waals surface area contributed by atoms with E-state index in [1.165, 1.54) is 5.56 Å². The van der Waals surface area contributed by atoms with Gasteiger partial charge in [0.05, 0.1) is 19.4 Å². The van der Waals surface area contributed by atoms with Crippen molar-refractivity contribution < 1.29 is 0 Å². The molecule has 1 saturated heterocycles. The summed E-state index contributed by atoms with van der Waals surface area (Å²) in [6.07, 6.45) is 5.91. The molecule has 3 aromatic heterocycles. The molecule has 0 atom stereocenters. The van der Waals surface area contributed by atoms with Crippen LogP contribution in [0.5, 0.6) is 0 Å². The smallest absolute Gasteiger partial charge is 0.165 e. The molecule has 142 valence electrons. The van der Waals surface area contributed by atoms with Crippen molar-refractivity contribution in [1.29, 1.82) is 0 Å².